The van der Waals surface area contributed by atoms with Gasteiger partial charge in [0, 0.05) is 7.11 Å². The maximum atomic E-state index is 14.0. The highest BCUT2D eigenvalue weighted by Crippen LogP contribution is 2.35. The van der Waals surface area contributed by atoms with Crippen LogP contribution in [-0.4, -0.2) is 92.8 Å². The third kappa shape index (κ3) is 13.8. The Kier molecular flexibility index (Phi) is 17.8. The van der Waals surface area contributed by atoms with Crippen LogP contribution in [0.15, 0.2) is 152 Å². The van der Waals surface area contributed by atoms with Gasteiger partial charge in [0.05, 0.1) is 51.7 Å². The van der Waals surface area contributed by atoms with E-state index in [0.717, 1.165) is 27.8 Å². The van der Waals surface area contributed by atoms with Crippen molar-refractivity contribution in [3.05, 3.63) is 179 Å². The van der Waals surface area contributed by atoms with E-state index in [1.165, 1.54) is 7.11 Å². The summed E-state index contributed by atoms with van der Waals surface area (Å²) in [6.07, 6.45) is -9.69. The van der Waals surface area contributed by atoms with Crippen LogP contribution in [0.1, 0.15) is 48.6 Å². The summed E-state index contributed by atoms with van der Waals surface area (Å²) in [6.45, 7) is 6.42. The standard InChI is InChI=1S/C53H62O12/c1-53(2,3)52(55)65-49-48(61-34-41-28-18-9-19-29-41)46(59-32-39-24-14-7-15-25-39)42(35-57-30-37-20-10-5-11-21-37)64-51(49)62-36-43-45(58-31-38-22-12-6-13-23-38)47(44(54)50(56-4)63-43)60-33-40-26-16-8-17-27-40/h5-29,42-51,54H,30-36H2,1-4H3. The van der Waals surface area contributed by atoms with Gasteiger partial charge in [0.25, 0.3) is 0 Å². The first-order valence-corrected chi connectivity index (χ1v) is 22.2. The van der Waals surface area contributed by atoms with Gasteiger partial charge in [-0.1, -0.05) is 152 Å². The molecule has 5 aromatic rings. The number of hydrogen-bond donors (Lipinski definition) is 1. The van der Waals surface area contributed by atoms with E-state index in [-0.39, 0.29) is 39.6 Å². The fourth-order valence-electron chi connectivity index (χ4n) is 7.70. The molecular weight excluding hydrogens is 829 g/mol. The molecule has 2 aliphatic rings. The van der Waals surface area contributed by atoms with Crippen LogP contribution in [0.5, 0.6) is 0 Å². The van der Waals surface area contributed by atoms with Crippen LogP contribution in [0.2, 0.25) is 0 Å². The molecule has 0 amide bonds. The molecule has 2 aliphatic heterocycles. The van der Waals surface area contributed by atoms with Crippen LogP contribution in [-0.2, 0) is 85.2 Å². The Morgan fingerprint density at radius 2 is 0.846 bits per heavy atom. The van der Waals surface area contributed by atoms with Gasteiger partial charge in [-0.2, -0.15) is 0 Å². The molecule has 0 aliphatic carbocycles. The fraction of sp³-hybridized carbons (Fsp3) is 0.415. The Labute approximate surface area is 382 Å². The Morgan fingerprint density at radius 1 is 0.477 bits per heavy atom. The predicted octanol–water partition coefficient (Wildman–Crippen LogP) is 7.98. The number of hydrogen-bond acceptors (Lipinski definition) is 12. The number of aliphatic hydroxyl groups excluding tert-OH is 1. The second-order valence-corrected chi connectivity index (χ2v) is 17.3. The molecule has 0 radical (unpaired) electrons. The van der Waals surface area contributed by atoms with Gasteiger partial charge < -0.3 is 52.5 Å². The first kappa shape index (κ1) is 48.1. The summed E-state index contributed by atoms with van der Waals surface area (Å²) in [6, 6.07) is 48.8. The summed E-state index contributed by atoms with van der Waals surface area (Å²) in [5.41, 5.74) is 3.78. The van der Waals surface area contributed by atoms with Crippen molar-refractivity contribution in [2.75, 3.05) is 20.3 Å². The van der Waals surface area contributed by atoms with Crippen molar-refractivity contribution >= 4 is 5.97 Å². The van der Waals surface area contributed by atoms with E-state index >= 15 is 0 Å². The third-order valence-electron chi connectivity index (χ3n) is 11.3. The average Bonchev–Trinajstić information content (AvgIpc) is 3.33. The van der Waals surface area contributed by atoms with Gasteiger partial charge in [0.2, 0.25) is 0 Å². The lowest BCUT2D eigenvalue weighted by Crippen LogP contribution is -2.64. The molecule has 2 saturated heterocycles. The van der Waals surface area contributed by atoms with Crippen LogP contribution in [0.4, 0.5) is 0 Å². The lowest BCUT2D eigenvalue weighted by molar-refractivity contribution is -0.344. The minimum atomic E-state index is -1.21. The highest BCUT2D eigenvalue weighted by atomic mass is 16.7. The zero-order valence-electron chi connectivity index (χ0n) is 37.6. The summed E-state index contributed by atoms with van der Waals surface area (Å²) >= 11 is 0. The topological polar surface area (TPSA) is 130 Å². The Morgan fingerprint density at radius 3 is 1.28 bits per heavy atom. The van der Waals surface area contributed by atoms with Crippen molar-refractivity contribution in [1.29, 1.82) is 0 Å². The van der Waals surface area contributed by atoms with Crippen molar-refractivity contribution < 1.29 is 57.3 Å². The van der Waals surface area contributed by atoms with E-state index in [4.69, 9.17) is 47.4 Å². The summed E-state index contributed by atoms with van der Waals surface area (Å²) in [7, 11) is 1.46. The predicted molar refractivity (Wildman–Crippen MR) is 242 cm³/mol. The second kappa shape index (κ2) is 24.1. The van der Waals surface area contributed by atoms with E-state index in [0.29, 0.717) is 6.61 Å². The van der Waals surface area contributed by atoms with E-state index < -0.39 is 72.8 Å². The number of aliphatic hydroxyl groups is 1. The van der Waals surface area contributed by atoms with Crippen molar-refractivity contribution in [3.63, 3.8) is 0 Å². The minimum absolute atomic E-state index is 0.0927. The number of methoxy groups -OCH3 is 1. The molecule has 10 atom stereocenters. The molecule has 1 N–H and O–H groups in total. The van der Waals surface area contributed by atoms with Gasteiger partial charge in [-0.3, -0.25) is 4.79 Å². The summed E-state index contributed by atoms with van der Waals surface area (Å²) in [5, 5.41) is 11.7. The van der Waals surface area contributed by atoms with Crippen LogP contribution in [0.25, 0.3) is 0 Å². The second-order valence-electron chi connectivity index (χ2n) is 17.3. The quantitative estimate of drug-likeness (QED) is 0.0718. The molecule has 0 spiro atoms. The molecule has 2 heterocycles. The normalized spacial score (nSPS) is 25.8. The SMILES string of the molecule is COC1OC(COC2OC(COCc3ccccc3)C(OCc3ccccc3)C(OCc3ccccc3)C2OC(=O)C(C)(C)C)C(OCc2ccccc2)C(OCc2ccccc2)C1O. The zero-order chi connectivity index (χ0) is 45.4. The zero-order valence-corrected chi connectivity index (χ0v) is 37.6. The molecule has 0 bridgehead atoms. The van der Waals surface area contributed by atoms with Crippen LogP contribution in [0, 0.1) is 5.41 Å². The highest BCUT2D eigenvalue weighted by Gasteiger charge is 2.53. The van der Waals surface area contributed by atoms with Gasteiger partial charge >= 0.3 is 5.97 Å². The van der Waals surface area contributed by atoms with Gasteiger partial charge in [-0.05, 0) is 48.6 Å². The molecule has 0 saturated carbocycles. The van der Waals surface area contributed by atoms with Crippen LogP contribution >= 0.6 is 0 Å². The van der Waals surface area contributed by atoms with E-state index in [1.807, 2.05) is 152 Å². The number of carbonyl (C=O) groups excluding carboxylic acids is 1. The van der Waals surface area contributed by atoms with Crippen LogP contribution in [0.3, 0.4) is 0 Å². The molecule has 10 unspecified atom stereocenters. The monoisotopic (exact) mass is 890 g/mol. The molecular formula is C53H62O12. The van der Waals surface area contributed by atoms with Crippen molar-refractivity contribution in [2.24, 2.45) is 5.41 Å². The van der Waals surface area contributed by atoms with Gasteiger partial charge in [0.1, 0.15) is 42.7 Å². The van der Waals surface area contributed by atoms with E-state index in [2.05, 4.69) is 0 Å². The van der Waals surface area contributed by atoms with E-state index in [9.17, 15) is 9.90 Å². The molecule has 65 heavy (non-hydrogen) atoms. The summed E-state index contributed by atoms with van der Waals surface area (Å²) < 4.78 is 65.1. The molecule has 346 valence electrons. The number of rotatable bonds is 21. The molecule has 12 heteroatoms. The lowest BCUT2D eigenvalue weighted by atomic mass is 9.95. The maximum Gasteiger partial charge on any atom is 0.311 e. The highest BCUT2D eigenvalue weighted by molar-refractivity contribution is 5.75. The molecule has 2 fully saturated rings. The van der Waals surface area contributed by atoms with Gasteiger partial charge in [-0.25, -0.2) is 0 Å². The first-order valence-electron chi connectivity index (χ1n) is 22.2. The number of carbonyl (C=O) groups is 1. The maximum absolute atomic E-state index is 14.0. The van der Waals surface area contributed by atoms with Crippen molar-refractivity contribution in [1.82, 2.24) is 0 Å². The largest absolute Gasteiger partial charge is 0.454 e. The third-order valence-corrected chi connectivity index (χ3v) is 11.3. The van der Waals surface area contributed by atoms with Crippen molar-refractivity contribution in [2.45, 2.75) is 115 Å². The van der Waals surface area contributed by atoms with E-state index in [1.54, 1.807) is 20.8 Å². The minimum Gasteiger partial charge on any atom is -0.454 e. The Hall–Kier alpha value is -4.83. The Bertz CT molecular complexity index is 2100. The molecule has 0 aromatic heterocycles. The number of benzene rings is 5. The van der Waals surface area contributed by atoms with Gasteiger partial charge in [0.15, 0.2) is 18.7 Å². The lowest BCUT2D eigenvalue weighted by Gasteiger charge is -2.47. The Balaban J connectivity index is 1.21. The molecule has 7 rings (SSSR count). The number of ether oxygens (including phenoxy) is 10. The first-order chi connectivity index (χ1) is 31.7. The number of esters is 1. The smallest absolute Gasteiger partial charge is 0.311 e. The average molecular weight is 891 g/mol. The van der Waals surface area contributed by atoms with Crippen LogP contribution < -0.4 is 0 Å². The van der Waals surface area contributed by atoms with Crippen molar-refractivity contribution in [3.8, 4) is 0 Å². The summed E-state index contributed by atoms with van der Waals surface area (Å²) in [4.78, 5) is 14.0. The fourth-order valence-corrected chi connectivity index (χ4v) is 7.70. The molecule has 12 nitrogen and oxygen atoms in total. The van der Waals surface area contributed by atoms with Gasteiger partial charge in [-0.15, -0.1) is 0 Å². The molecule has 5 aromatic carbocycles. The summed E-state index contributed by atoms with van der Waals surface area (Å²) in [5.74, 6) is -0.483.